The smallest absolute Gasteiger partial charge is 0.303 e. The van der Waals surface area contributed by atoms with Crippen LogP contribution in [0.25, 0.3) is 0 Å². The van der Waals surface area contributed by atoms with Gasteiger partial charge in [0.1, 0.15) is 0 Å². The Hall–Kier alpha value is -4.34. The van der Waals surface area contributed by atoms with Crippen molar-refractivity contribution in [1.29, 1.82) is 0 Å². The van der Waals surface area contributed by atoms with Gasteiger partial charge in [0.05, 0.1) is 18.8 Å². The Labute approximate surface area is 270 Å². The number of amides is 1. The van der Waals surface area contributed by atoms with Crippen LogP contribution >= 0.6 is 0 Å². The largest absolute Gasteiger partial charge is 0.481 e. The van der Waals surface area contributed by atoms with Gasteiger partial charge in [0.2, 0.25) is 5.91 Å². The summed E-state index contributed by atoms with van der Waals surface area (Å²) in [7, 11) is 0. The number of aliphatic carboxylic acids is 1. The zero-order chi connectivity index (χ0) is 32.3. The van der Waals surface area contributed by atoms with Gasteiger partial charge in [-0.2, -0.15) is 0 Å². The molecule has 1 heterocycles. The van der Waals surface area contributed by atoms with E-state index in [-0.39, 0.29) is 49.9 Å². The van der Waals surface area contributed by atoms with Crippen LogP contribution in [-0.2, 0) is 38.8 Å². The molecule has 1 aliphatic heterocycles. The first kappa shape index (κ1) is 33.0. The third-order valence-corrected chi connectivity index (χ3v) is 8.30. The van der Waals surface area contributed by atoms with Crippen LogP contribution in [0.15, 0.2) is 109 Å². The molecule has 8 heteroatoms. The molecule has 0 radical (unpaired) electrons. The minimum absolute atomic E-state index is 0.00222. The van der Waals surface area contributed by atoms with Gasteiger partial charge in [-0.25, -0.2) is 0 Å². The summed E-state index contributed by atoms with van der Waals surface area (Å²) < 4.78 is 13.4. The molecule has 1 amide bonds. The summed E-state index contributed by atoms with van der Waals surface area (Å²) in [6.45, 7) is 4.30. The summed E-state index contributed by atoms with van der Waals surface area (Å²) in [6, 6.07) is 36.1. The summed E-state index contributed by atoms with van der Waals surface area (Å²) in [5, 5.41) is 21.4. The van der Waals surface area contributed by atoms with Crippen molar-refractivity contribution in [3.63, 3.8) is 0 Å². The van der Waals surface area contributed by atoms with Crippen LogP contribution in [-0.4, -0.2) is 39.6 Å². The number of carboxylic acids is 1. The van der Waals surface area contributed by atoms with Crippen molar-refractivity contribution in [2.75, 3.05) is 11.9 Å². The highest BCUT2D eigenvalue weighted by Gasteiger charge is 2.39. The van der Waals surface area contributed by atoms with Gasteiger partial charge in [-0.1, -0.05) is 104 Å². The third-order valence-electron chi connectivity index (χ3n) is 8.30. The fourth-order valence-corrected chi connectivity index (χ4v) is 5.84. The van der Waals surface area contributed by atoms with Gasteiger partial charge in [0.25, 0.3) is 0 Å². The molecule has 0 bridgehead atoms. The first-order chi connectivity index (χ1) is 22.4. The van der Waals surface area contributed by atoms with Crippen molar-refractivity contribution in [3.8, 4) is 0 Å². The summed E-state index contributed by atoms with van der Waals surface area (Å²) in [5.41, 5.74) is 5.65. The number of carboxylic acid groups (broad SMARTS) is 1. The van der Waals surface area contributed by atoms with Crippen molar-refractivity contribution in [2.45, 2.75) is 64.4 Å². The molecule has 240 valence electrons. The second-order valence-electron chi connectivity index (χ2n) is 11.9. The molecule has 1 saturated heterocycles. The topological polar surface area (TPSA) is 108 Å². The minimum atomic E-state index is -0.920. The summed E-state index contributed by atoms with van der Waals surface area (Å²) in [4.78, 5) is 25.8. The maximum atomic E-state index is 12.5. The summed E-state index contributed by atoms with van der Waals surface area (Å²) >= 11 is 0. The molecular weight excluding hydrogens is 580 g/mol. The summed E-state index contributed by atoms with van der Waals surface area (Å²) in [6.07, 6.45) is -0.818. The third kappa shape index (κ3) is 9.34. The molecule has 0 saturated carbocycles. The lowest BCUT2D eigenvalue weighted by atomic mass is 9.89. The SMILES string of the molecule is C[C@H]1[C@@H](CN(Cc2ccccc2)Cc2ccccc2)O[C@@H](c2cccc(NC(=O)CCCC(=O)O)c2)O[C@H]1c1ccc(CO)cc1. The Bertz CT molecular complexity index is 1510. The van der Waals surface area contributed by atoms with E-state index in [4.69, 9.17) is 14.6 Å². The molecule has 0 aliphatic carbocycles. The normalized spacial score (nSPS) is 19.5. The number of nitrogens with one attached hydrogen (secondary N) is 1. The van der Waals surface area contributed by atoms with E-state index in [1.165, 1.54) is 11.1 Å². The van der Waals surface area contributed by atoms with Crippen LogP contribution in [0.1, 0.15) is 66.4 Å². The van der Waals surface area contributed by atoms with Crippen molar-refractivity contribution in [2.24, 2.45) is 5.92 Å². The van der Waals surface area contributed by atoms with E-state index in [0.29, 0.717) is 12.2 Å². The number of aliphatic hydroxyl groups excluding tert-OH is 1. The second-order valence-corrected chi connectivity index (χ2v) is 11.9. The highest BCUT2D eigenvalue weighted by molar-refractivity contribution is 5.90. The van der Waals surface area contributed by atoms with E-state index in [0.717, 1.165) is 29.8 Å². The number of benzene rings is 4. The molecule has 46 heavy (non-hydrogen) atoms. The average molecular weight is 623 g/mol. The van der Waals surface area contributed by atoms with Crippen LogP contribution in [0, 0.1) is 5.92 Å². The number of aliphatic hydroxyl groups is 1. The van der Waals surface area contributed by atoms with Crippen LogP contribution in [0.5, 0.6) is 0 Å². The van der Waals surface area contributed by atoms with E-state index in [1.54, 1.807) is 6.07 Å². The fraction of sp³-hybridized carbons (Fsp3) is 0.316. The lowest BCUT2D eigenvalue weighted by Crippen LogP contribution is -2.44. The van der Waals surface area contributed by atoms with Gasteiger partial charge < -0.3 is 25.0 Å². The van der Waals surface area contributed by atoms with E-state index in [9.17, 15) is 14.7 Å². The van der Waals surface area contributed by atoms with Crippen LogP contribution in [0.2, 0.25) is 0 Å². The number of anilines is 1. The van der Waals surface area contributed by atoms with Crippen molar-refractivity contribution < 1.29 is 29.3 Å². The van der Waals surface area contributed by atoms with E-state index < -0.39 is 12.3 Å². The highest BCUT2D eigenvalue weighted by atomic mass is 16.7. The summed E-state index contributed by atoms with van der Waals surface area (Å²) in [5.74, 6) is -1.16. The molecule has 4 atom stereocenters. The van der Waals surface area contributed by atoms with Crippen LogP contribution < -0.4 is 5.32 Å². The molecule has 0 spiro atoms. The maximum absolute atomic E-state index is 12.5. The fourth-order valence-electron chi connectivity index (χ4n) is 5.84. The quantitative estimate of drug-likeness (QED) is 0.141. The average Bonchev–Trinajstić information content (AvgIpc) is 3.06. The molecule has 5 rings (SSSR count). The Morgan fingerprint density at radius 3 is 2.02 bits per heavy atom. The monoisotopic (exact) mass is 622 g/mol. The number of carbonyl (C=O) groups excluding carboxylic acids is 1. The highest BCUT2D eigenvalue weighted by Crippen LogP contribution is 2.42. The predicted molar refractivity (Wildman–Crippen MR) is 177 cm³/mol. The Morgan fingerprint density at radius 2 is 1.41 bits per heavy atom. The van der Waals surface area contributed by atoms with Crippen molar-refractivity contribution >= 4 is 17.6 Å². The number of hydrogen-bond donors (Lipinski definition) is 3. The van der Waals surface area contributed by atoms with E-state index in [1.807, 2.05) is 54.6 Å². The molecule has 1 aliphatic rings. The number of hydrogen-bond acceptors (Lipinski definition) is 6. The van der Waals surface area contributed by atoms with Gasteiger partial charge >= 0.3 is 5.97 Å². The van der Waals surface area contributed by atoms with Gasteiger partial charge in [-0.15, -0.1) is 0 Å². The second kappa shape index (κ2) is 16.3. The van der Waals surface area contributed by atoms with Gasteiger partial charge in [0, 0.05) is 49.6 Å². The van der Waals surface area contributed by atoms with E-state index >= 15 is 0 Å². The molecule has 4 aromatic carbocycles. The number of ether oxygens (including phenoxy) is 2. The van der Waals surface area contributed by atoms with Crippen LogP contribution in [0.4, 0.5) is 5.69 Å². The van der Waals surface area contributed by atoms with Gasteiger partial charge in [-0.3, -0.25) is 14.5 Å². The van der Waals surface area contributed by atoms with Gasteiger partial charge in [0.15, 0.2) is 6.29 Å². The number of carbonyl (C=O) groups is 2. The predicted octanol–water partition coefficient (Wildman–Crippen LogP) is 6.87. The van der Waals surface area contributed by atoms with Crippen molar-refractivity contribution in [3.05, 3.63) is 137 Å². The first-order valence-corrected chi connectivity index (χ1v) is 15.8. The molecule has 1 fully saturated rings. The van der Waals surface area contributed by atoms with Gasteiger partial charge in [-0.05, 0) is 40.8 Å². The zero-order valence-corrected chi connectivity index (χ0v) is 26.1. The molecule has 0 aromatic heterocycles. The maximum Gasteiger partial charge on any atom is 0.303 e. The van der Waals surface area contributed by atoms with Crippen molar-refractivity contribution in [1.82, 2.24) is 4.90 Å². The Kier molecular flexibility index (Phi) is 11.7. The lowest BCUT2D eigenvalue weighted by molar-refractivity contribution is -0.276. The number of nitrogens with zero attached hydrogens (tertiary/aromatic N) is 1. The molecule has 8 nitrogen and oxygen atoms in total. The molecule has 0 unspecified atom stereocenters. The molecule has 4 aromatic rings. The molecule has 3 N–H and O–H groups in total. The van der Waals surface area contributed by atoms with Crippen LogP contribution in [0.3, 0.4) is 0 Å². The minimum Gasteiger partial charge on any atom is -0.481 e. The Balaban J connectivity index is 1.40. The standard InChI is InChI=1S/C38H42N2O6/c1-27-34(25-40(23-28-10-4-2-5-11-28)24-29-12-6-3-7-13-29)45-38(46-37(27)31-20-18-30(26-41)19-21-31)32-14-8-15-33(22-32)39-35(42)16-9-17-36(43)44/h2-8,10-15,18-22,27,34,37-38,41H,9,16-17,23-26H2,1H3,(H,39,42)(H,43,44)/t27-,34+,37+,38+/m0/s1. The molecular formula is C38H42N2O6. The zero-order valence-electron chi connectivity index (χ0n) is 26.1. The van der Waals surface area contributed by atoms with E-state index in [2.05, 4.69) is 65.7 Å². The lowest BCUT2D eigenvalue weighted by Gasteiger charge is -2.43. The number of rotatable bonds is 14. The first-order valence-electron chi connectivity index (χ1n) is 15.8. The Morgan fingerprint density at radius 1 is 0.761 bits per heavy atom.